The molecule has 42 heavy (non-hydrogen) atoms. The van der Waals surface area contributed by atoms with Crippen molar-refractivity contribution in [1.29, 1.82) is 0 Å². The van der Waals surface area contributed by atoms with Gasteiger partial charge in [0, 0.05) is 17.0 Å². The zero-order valence-electron chi connectivity index (χ0n) is 23.4. The van der Waals surface area contributed by atoms with Crippen molar-refractivity contribution in [3.8, 4) is 6.01 Å². The molecule has 0 fully saturated rings. The van der Waals surface area contributed by atoms with E-state index in [1.807, 2.05) is 12.1 Å². The average molecular weight is 567 g/mol. The molecule has 0 aliphatic carbocycles. The van der Waals surface area contributed by atoms with Crippen LogP contribution in [0.4, 0.5) is 5.69 Å². The lowest BCUT2D eigenvalue weighted by atomic mass is 9.77. The van der Waals surface area contributed by atoms with E-state index in [2.05, 4.69) is 15.3 Å². The number of para-hydroxylation sites is 1. The van der Waals surface area contributed by atoms with Crippen molar-refractivity contribution >= 4 is 23.5 Å². The third-order valence-electron chi connectivity index (χ3n) is 7.21. The molecule has 2 N–H and O–H groups in total. The summed E-state index contributed by atoms with van der Waals surface area (Å²) in [4.78, 5) is 50.5. The molecule has 2 heterocycles. The van der Waals surface area contributed by atoms with Crippen molar-refractivity contribution in [2.75, 3.05) is 18.6 Å². The Morgan fingerprint density at radius 1 is 0.929 bits per heavy atom. The Bertz CT molecular complexity index is 1590. The van der Waals surface area contributed by atoms with Gasteiger partial charge in [-0.3, -0.25) is 15.0 Å². The summed E-state index contributed by atoms with van der Waals surface area (Å²) in [6.07, 6.45) is -1.64. The van der Waals surface area contributed by atoms with Crippen molar-refractivity contribution in [2.24, 2.45) is 0 Å². The predicted octanol–water partition coefficient (Wildman–Crippen LogP) is 3.72. The maximum absolute atomic E-state index is 14.0. The first kappa shape index (κ1) is 28.4. The second-order valence-electron chi connectivity index (χ2n) is 9.91. The van der Waals surface area contributed by atoms with Gasteiger partial charge in [-0.25, -0.2) is 19.6 Å². The maximum atomic E-state index is 14.0. The molecule has 0 radical (unpaired) electrons. The topological polar surface area (TPSA) is 131 Å². The van der Waals surface area contributed by atoms with Crippen LogP contribution >= 0.6 is 0 Å². The molecule has 0 saturated carbocycles. The number of fused-ring (bicyclic) bond motifs is 1. The van der Waals surface area contributed by atoms with Gasteiger partial charge in [-0.15, -0.1) is 0 Å². The van der Waals surface area contributed by atoms with E-state index in [9.17, 15) is 19.5 Å². The Morgan fingerprint density at radius 2 is 1.52 bits per heavy atom. The monoisotopic (exact) mass is 566 g/mol. The van der Waals surface area contributed by atoms with E-state index in [4.69, 9.17) is 9.47 Å². The van der Waals surface area contributed by atoms with Crippen LogP contribution in [0.1, 0.15) is 34.1 Å². The molecular weight excluding hydrogens is 536 g/mol. The number of carboxylic acids is 1. The minimum absolute atomic E-state index is 0.112. The standard InChI is InChI=1S/C32H30N4O6/c1-20-18-21(2)35-31(34-20)42-28(29(38)39)32(23-14-8-5-9-15-23)24-16-10-11-17-25(24)36(26(37)19-33-32)27(30(40)41-3)22-12-6-4-7-13-22/h4-18,27-28,33H,19H2,1-3H3,(H,38,39)/t27-,28+,32-/m0/s1. The number of carboxylic acid groups (broad SMARTS) is 1. The number of nitrogens with zero attached hydrogens (tertiary/aromatic N) is 3. The van der Waals surface area contributed by atoms with Crippen LogP contribution < -0.4 is 15.0 Å². The molecule has 214 valence electrons. The van der Waals surface area contributed by atoms with Gasteiger partial charge in [0.2, 0.25) is 12.0 Å². The van der Waals surface area contributed by atoms with E-state index in [1.165, 1.54) is 12.0 Å². The Morgan fingerprint density at radius 3 is 2.14 bits per heavy atom. The number of ether oxygens (including phenoxy) is 2. The summed E-state index contributed by atoms with van der Waals surface area (Å²) in [6.45, 7) is 3.19. The molecular formula is C32H30N4O6. The number of rotatable bonds is 8. The van der Waals surface area contributed by atoms with Crippen LogP contribution in [0.5, 0.6) is 6.01 Å². The number of hydrogen-bond acceptors (Lipinski definition) is 8. The molecule has 0 bridgehead atoms. The number of carbonyl (C=O) groups excluding carboxylic acids is 2. The molecule has 10 heteroatoms. The van der Waals surface area contributed by atoms with Crippen LogP contribution in [0.25, 0.3) is 0 Å². The first-order valence-corrected chi connectivity index (χ1v) is 13.3. The summed E-state index contributed by atoms with van der Waals surface area (Å²) in [6, 6.07) is 25.1. The Labute approximate surface area is 243 Å². The minimum atomic E-state index is -1.64. The van der Waals surface area contributed by atoms with Crippen LogP contribution in [-0.4, -0.2) is 52.7 Å². The van der Waals surface area contributed by atoms with Gasteiger partial charge in [0.25, 0.3) is 0 Å². The van der Waals surface area contributed by atoms with Crippen molar-refractivity contribution < 1.29 is 29.0 Å². The predicted molar refractivity (Wildman–Crippen MR) is 154 cm³/mol. The number of esters is 1. The van der Waals surface area contributed by atoms with Crippen LogP contribution in [0, 0.1) is 13.8 Å². The highest BCUT2D eigenvalue weighted by molar-refractivity contribution is 6.03. The fourth-order valence-electron chi connectivity index (χ4n) is 5.49. The maximum Gasteiger partial charge on any atom is 0.347 e. The molecule has 1 amide bonds. The quantitative estimate of drug-likeness (QED) is 0.306. The summed E-state index contributed by atoms with van der Waals surface area (Å²) in [7, 11) is 1.26. The van der Waals surface area contributed by atoms with E-state index < -0.39 is 35.5 Å². The first-order chi connectivity index (χ1) is 20.3. The smallest absolute Gasteiger partial charge is 0.347 e. The van der Waals surface area contributed by atoms with Gasteiger partial charge in [-0.05, 0) is 37.1 Å². The molecule has 0 saturated heterocycles. The van der Waals surface area contributed by atoms with Gasteiger partial charge in [0.05, 0.1) is 19.3 Å². The molecule has 3 atom stereocenters. The Balaban J connectivity index is 1.78. The normalized spacial score (nSPS) is 17.9. The van der Waals surface area contributed by atoms with Crippen molar-refractivity contribution in [3.63, 3.8) is 0 Å². The summed E-state index contributed by atoms with van der Waals surface area (Å²) in [5.74, 6) is -2.42. The van der Waals surface area contributed by atoms with E-state index >= 15 is 0 Å². The minimum Gasteiger partial charge on any atom is -0.478 e. The number of nitrogens with one attached hydrogen (secondary N) is 1. The van der Waals surface area contributed by atoms with Crippen molar-refractivity contribution in [1.82, 2.24) is 15.3 Å². The number of methoxy groups -OCH3 is 1. The molecule has 4 aromatic rings. The number of amides is 1. The number of benzene rings is 3. The van der Waals surface area contributed by atoms with E-state index in [1.54, 1.807) is 92.7 Å². The van der Waals surface area contributed by atoms with E-state index in [0.717, 1.165) is 0 Å². The third-order valence-corrected chi connectivity index (χ3v) is 7.21. The highest BCUT2D eigenvalue weighted by Crippen LogP contribution is 2.44. The lowest BCUT2D eigenvalue weighted by Crippen LogP contribution is -2.58. The summed E-state index contributed by atoms with van der Waals surface area (Å²) >= 11 is 0. The summed E-state index contributed by atoms with van der Waals surface area (Å²) in [5.41, 5.74) is 1.39. The van der Waals surface area contributed by atoms with Gasteiger partial charge in [-0.1, -0.05) is 78.9 Å². The number of anilines is 1. The lowest BCUT2D eigenvalue weighted by molar-refractivity contribution is -0.149. The van der Waals surface area contributed by atoms with Crippen LogP contribution in [-0.2, 0) is 24.7 Å². The third kappa shape index (κ3) is 5.19. The summed E-state index contributed by atoms with van der Waals surface area (Å²) in [5, 5.41) is 14.0. The van der Waals surface area contributed by atoms with Crippen molar-refractivity contribution in [3.05, 3.63) is 119 Å². The molecule has 1 aromatic heterocycles. The largest absolute Gasteiger partial charge is 0.478 e. The lowest BCUT2D eigenvalue weighted by Gasteiger charge is -2.39. The highest BCUT2D eigenvalue weighted by atomic mass is 16.5. The molecule has 5 rings (SSSR count). The second kappa shape index (κ2) is 11.8. The number of aromatic nitrogens is 2. The van der Waals surface area contributed by atoms with Gasteiger partial charge < -0.3 is 14.6 Å². The van der Waals surface area contributed by atoms with E-state index in [0.29, 0.717) is 33.8 Å². The fraction of sp³-hybridized carbons (Fsp3) is 0.219. The molecule has 1 aliphatic heterocycles. The molecule has 3 aromatic carbocycles. The Kier molecular flexibility index (Phi) is 7.99. The first-order valence-electron chi connectivity index (χ1n) is 13.3. The number of carbonyl (C=O) groups is 3. The number of hydrogen-bond donors (Lipinski definition) is 2. The van der Waals surface area contributed by atoms with Gasteiger partial charge in [0.1, 0.15) is 5.54 Å². The Hall–Kier alpha value is -5.09. The second-order valence-corrected chi connectivity index (χ2v) is 9.91. The van der Waals surface area contributed by atoms with E-state index in [-0.39, 0.29) is 12.6 Å². The summed E-state index contributed by atoms with van der Waals surface area (Å²) < 4.78 is 11.3. The molecule has 0 spiro atoms. The van der Waals surface area contributed by atoms with Crippen LogP contribution in [0.15, 0.2) is 91.0 Å². The molecule has 1 aliphatic rings. The van der Waals surface area contributed by atoms with Crippen LogP contribution in [0.3, 0.4) is 0 Å². The van der Waals surface area contributed by atoms with Gasteiger partial charge >= 0.3 is 17.9 Å². The highest BCUT2D eigenvalue weighted by Gasteiger charge is 2.53. The average Bonchev–Trinajstić information content (AvgIpc) is 3.11. The molecule has 10 nitrogen and oxygen atoms in total. The number of aryl methyl sites for hydroxylation is 2. The number of aliphatic carboxylic acids is 1. The van der Waals surface area contributed by atoms with Gasteiger partial charge in [-0.2, -0.15) is 0 Å². The fourth-order valence-corrected chi connectivity index (χ4v) is 5.49. The van der Waals surface area contributed by atoms with Gasteiger partial charge in [0.15, 0.2) is 6.04 Å². The molecule has 0 unspecified atom stereocenters. The van der Waals surface area contributed by atoms with Crippen molar-refractivity contribution in [2.45, 2.75) is 31.5 Å². The van der Waals surface area contributed by atoms with Crippen LogP contribution in [0.2, 0.25) is 0 Å². The zero-order chi connectivity index (χ0) is 29.9. The zero-order valence-corrected chi connectivity index (χ0v) is 23.4. The SMILES string of the molecule is COC(=O)[C@H](c1ccccc1)N1C(=O)CN[C@](c2ccccc2)([C@H](Oc2nc(C)cc(C)n2)C(=O)O)c2ccccc21.